The van der Waals surface area contributed by atoms with E-state index < -0.39 is 12.1 Å². The minimum Gasteiger partial charge on any atom is -0.478 e. The summed E-state index contributed by atoms with van der Waals surface area (Å²) in [6.07, 6.45) is 4.60. The molecular formula is C27H34FNO4. The Labute approximate surface area is 195 Å². The molecule has 0 unspecified atom stereocenters. The van der Waals surface area contributed by atoms with E-state index in [2.05, 4.69) is 4.90 Å². The van der Waals surface area contributed by atoms with E-state index in [0.29, 0.717) is 12.1 Å². The highest BCUT2D eigenvalue weighted by Crippen LogP contribution is 2.25. The van der Waals surface area contributed by atoms with Crippen molar-refractivity contribution in [2.75, 3.05) is 19.7 Å². The summed E-state index contributed by atoms with van der Waals surface area (Å²) in [5.74, 6) is -1.17. The molecule has 1 aliphatic heterocycles. The Balaban J connectivity index is 1.56. The van der Waals surface area contributed by atoms with Crippen molar-refractivity contribution >= 4 is 12.0 Å². The van der Waals surface area contributed by atoms with Crippen LogP contribution >= 0.6 is 0 Å². The summed E-state index contributed by atoms with van der Waals surface area (Å²) < 4.78 is 19.9. The van der Waals surface area contributed by atoms with Crippen LogP contribution in [0, 0.1) is 19.7 Å². The number of carbonyl (C=O) groups is 1. The molecule has 0 saturated carbocycles. The highest BCUT2D eigenvalue weighted by Gasteiger charge is 2.27. The SMILES string of the molecule is Cc1ccc(/C=C/C(=O)O)c([C@@H](C)OC[C@@H](O)CN2CCC[C@H]2Cc2ccc(C)c(F)c2)c1. The molecule has 6 heteroatoms. The number of β-amino-alcohol motifs (C(OH)–C–C–N with tert-alkyl or cyclic N) is 1. The maximum absolute atomic E-state index is 13.9. The average Bonchev–Trinajstić information content (AvgIpc) is 3.19. The van der Waals surface area contributed by atoms with E-state index in [4.69, 9.17) is 9.84 Å². The standard InChI is InChI=1S/C27H34FNO4/c1-18-6-9-22(10-11-27(31)32)25(13-18)20(3)33-17-24(30)16-29-12-4-5-23(29)14-21-8-7-19(2)26(28)15-21/h6-11,13,15,20,23-24,30H,4-5,12,14,16-17H2,1-3H3,(H,31,32)/b11-10+/t20-,23+,24+/m1/s1. The largest absolute Gasteiger partial charge is 0.478 e. The molecule has 3 rings (SSSR count). The summed E-state index contributed by atoms with van der Waals surface area (Å²) in [5, 5.41) is 19.6. The van der Waals surface area contributed by atoms with Crippen molar-refractivity contribution in [1.82, 2.24) is 4.90 Å². The van der Waals surface area contributed by atoms with Crippen LogP contribution in [0.4, 0.5) is 4.39 Å². The van der Waals surface area contributed by atoms with Gasteiger partial charge in [0.05, 0.1) is 18.8 Å². The van der Waals surface area contributed by atoms with Crippen molar-refractivity contribution < 1.29 is 24.1 Å². The van der Waals surface area contributed by atoms with Gasteiger partial charge in [0.1, 0.15) is 5.82 Å². The van der Waals surface area contributed by atoms with Crippen molar-refractivity contribution in [3.8, 4) is 0 Å². The van der Waals surface area contributed by atoms with Crippen molar-refractivity contribution in [2.24, 2.45) is 0 Å². The number of aliphatic carboxylic acids is 1. The third-order valence-electron chi connectivity index (χ3n) is 6.28. The number of aliphatic hydroxyl groups is 1. The molecule has 1 fully saturated rings. The van der Waals surface area contributed by atoms with E-state index in [-0.39, 0.29) is 24.6 Å². The molecule has 178 valence electrons. The topological polar surface area (TPSA) is 70.0 Å². The number of carboxylic acid groups (broad SMARTS) is 1. The Morgan fingerprint density at radius 3 is 2.79 bits per heavy atom. The number of aliphatic hydroxyl groups excluding tert-OH is 1. The van der Waals surface area contributed by atoms with Crippen molar-refractivity contribution in [3.63, 3.8) is 0 Å². The molecule has 0 aromatic heterocycles. The van der Waals surface area contributed by atoms with Crippen LogP contribution in [-0.4, -0.2) is 52.9 Å². The zero-order valence-electron chi connectivity index (χ0n) is 19.6. The van der Waals surface area contributed by atoms with Gasteiger partial charge in [-0.2, -0.15) is 0 Å². The first-order valence-electron chi connectivity index (χ1n) is 11.5. The van der Waals surface area contributed by atoms with Crippen LogP contribution in [0.5, 0.6) is 0 Å². The number of carboxylic acids is 1. The van der Waals surface area contributed by atoms with Crippen LogP contribution in [-0.2, 0) is 16.0 Å². The highest BCUT2D eigenvalue weighted by molar-refractivity contribution is 5.85. The number of hydrogen-bond donors (Lipinski definition) is 2. The van der Waals surface area contributed by atoms with Crippen LogP contribution in [0.15, 0.2) is 42.5 Å². The van der Waals surface area contributed by atoms with E-state index in [1.807, 2.05) is 44.2 Å². The van der Waals surface area contributed by atoms with Gasteiger partial charge in [0.2, 0.25) is 0 Å². The zero-order valence-corrected chi connectivity index (χ0v) is 19.6. The van der Waals surface area contributed by atoms with Gasteiger partial charge in [0.15, 0.2) is 0 Å². The average molecular weight is 456 g/mol. The molecule has 0 amide bonds. The quantitative estimate of drug-likeness (QED) is 0.509. The van der Waals surface area contributed by atoms with Crippen LogP contribution in [0.3, 0.4) is 0 Å². The van der Waals surface area contributed by atoms with E-state index in [0.717, 1.165) is 54.1 Å². The van der Waals surface area contributed by atoms with Crippen LogP contribution in [0.2, 0.25) is 0 Å². The lowest BCUT2D eigenvalue weighted by atomic mass is 10.00. The molecule has 3 atom stereocenters. The van der Waals surface area contributed by atoms with Gasteiger partial charge in [0, 0.05) is 18.7 Å². The Hall–Kier alpha value is -2.54. The van der Waals surface area contributed by atoms with E-state index >= 15 is 0 Å². The third kappa shape index (κ3) is 7.22. The summed E-state index contributed by atoms with van der Waals surface area (Å²) >= 11 is 0. The van der Waals surface area contributed by atoms with Gasteiger partial charge in [-0.15, -0.1) is 0 Å². The number of halogens is 1. The summed E-state index contributed by atoms with van der Waals surface area (Å²) in [4.78, 5) is 13.2. The van der Waals surface area contributed by atoms with Gasteiger partial charge in [-0.3, -0.25) is 4.90 Å². The molecule has 0 radical (unpaired) electrons. The van der Waals surface area contributed by atoms with Crippen LogP contribution < -0.4 is 0 Å². The number of nitrogens with zero attached hydrogens (tertiary/aromatic N) is 1. The van der Waals surface area contributed by atoms with Crippen LogP contribution in [0.25, 0.3) is 6.08 Å². The second kappa shape index (κ2) is 11.5. The molecule has 2 N–H and O–H groups in total. The number of ether oxygens (including phenoxy) is 1. The van der Waals surface area contributed by atoms with Gasteiger partial charge in [-0.1, -0.05) is 35.9 Å². The van der Waals surface area contributed by atoms with Crippen molar-refractivity contribution in [1.29, 1.82) is 0 Å². The van der Waals surface area contributed by atoms with Gasteiger partial charge < -0.3 is 14.9 Å². The van der Waals surface area contributed by atoms with Crippen LogP contribution in [0.1, 0.15) is 53.7 Å². The van der Waals surface area contributed by atoms with Crippen molar-refractivity contribution in [2.45, 2.75) is 58.3 Å². The Morgan fingerprint density at radius 2 is 2.06 bits per heavy atom. The van der Waals surface area contributed by atoms with Gasteiger partial charge in [-0.05, 0) is 81.0 Å². The second-order valence-corrected chi connectivity index (χ2v) is 9.01. The lowest BCUT2D eigenvalue weighted by Gasteiger charge is -2.27. The maximum Gasteiger partial charge on any atom is 0.328 e. The normalized spacial score (nSPS) is 18.6. The summed E-state index contributed by atoms with van der Waals surface area (Å²) in [6.45, 7) is 7.24. The monoisotopic (exact) mass is 455 g/mol. The number of aryl methyl sites for hydroxylation is 2. The fourth-order valence-corrected chi connectivity index (χ4v) is 4.43. The first kappa shape index (κ1) is 25.1. The number of hydrogen-bond acceptors (Lipinski definition) is 4. The molecule has 2 aromatic carbocycles. The molecule has 0 spiro atoms. The fourth-order valence-electron chi connectivity index (χ4n) is 4.43. The molecule has 1 heterocycles. The van der Waals surface area contributed by atoms with E-state index in [1.54, 1.807) is 19.1 Å². The van der Waals surface area contributed by atoms with E-state index in [9.17, 15) is 14.3 Å². The lowest BCUT2D eigenvalue weighted by Crippen LogP contribution is -2.39. The lowest BCUT2D eigenvalue weighted by molar-refractivity contribution is -0.131. The molecule has 0 aliphatic carbocycles. The molecule has 0 bridgehead atoms. The predicted octanol–water partition coefficient (Wildman–Crippen LogP) is 4.69. The Bertz CT molecular complexity index is 990. The van der Waals surface area contributed by atoms with Crippen molar-refractivity contribution in [3.05, 3.63) is 76.1 Å². The van der Waals surface area contributed by atoms with E-state index in [1.165, 1.54) is 0 Å². The predicted molar refractivity (Wildman–Crippen MR) is 128 cm³/mol. The molecule has 1 aliphatic rings. The van der Waals surface area contributed by atoms with Gasteiger partial charge in [-0.25, -0.2) is 9.18 Å². The first-order chi connectivity index (χ1) is 15.7. The fraction of sp³-hybridized carbons (Fsp3) is 0.444. The first-order valence-corrected chi connectivity index (χ1v) is 11.5. The molecule has 5 nitrogen and oxygen atoms in total. The molecule has 1 saturated heterocycles. The molecule has 2 aromatic rings. The maximum atomic E-state index is 13.9. The number of rotatable bonds is 10. The highest BCUT2D eigenvalue weighted by atomic mass is 19.1. The number of benzene rings is 2. The van der Waals surface area contributed by atoms with Gasteiger partial charge >= 0.3 is 5.97 Å². The van der Waals surface area contributed by atoms with Gasteiger partial charge in [0.25, 0.3) is 0 Å². The summed E-state index contributed by atoms with van der Waals surface area (Å²) in [7, 11) is 0. The minimum absolute atomic E-state index is 0.173. The summed E-state index contributed by atoms with van der Waals surface area (Å²) in [6, 6.07) is 11.5. The molecular weight excluding hydrogens is 421 g/mol. The second-order valence-electron chi connectivity index (χ2n) is 9.01. The Morgan fingerprint density at radius 1 is 1.27 bits per heavy atom. The number of likely N-dealkylation sites (tertiary alicyclic amines) is 1. The summed E-state index contributed by atoms with van der Waals surface area (Å²) in [5.41, 5.74) is 4.37. The minimum atomic E-state index is -1.00. The zero-order chi connectivity index (χ0) is 24.0. The Kier molecular flexibility index (Phi) is 8.78. The third-order valence-corrected chi connectivity index (χ3v) is 6.28. The molecule has 33 heavy (non-hydrogen) atoms. The smallest absolute Gasteiger partial charge is 0.328 e.